The van der Waals surface area contributed by atoms with Gasteiger partial charge in [-0.3, -0.25) is 9.79 Å². The number of benzene rings is 1. The molecule has 0 radical (unpaired) electrons. The van der Waals surface area contributed by atoms with Gasteiger partial charge in [-0.05, 0) is 31.4 Å². The molecule has 1 aromatic carbocycles. The molecular formula is C20H28IN5OS. The Morgan fingerprint density at radius 3 is 2.64 bits per heavy atom. The van der Waals surface area contributed by atoms with Crippen molar-refractivity contribution in [2.45, 2.75) is 46.3 Å². The molecule has 0 bridgehead atoms. The molecule has 2 aromatic rings. The summed E-state index contributed by atoms with van der Waals surface area (Å²) in [7, 11) is 1.77. The van der Waals surface area contributed by atoms with E-state index < -0.39 is 0 Å². The molecule has 152 valence electrons. The molecule has 0 atom stereocenters. The average molecular weight is 513 g/mol. The van der Waals surface area contributed by atoms with Crippen molar-refractivity contribution < 1.29 is 4.79 Å². The number of amides is 1. The number of guanidine groups is 1. The minimum absolute atomic E-state index is 0. The minimum Gasteiger partial charge on any atom is -0.352 e. The number of likely N-dealkylation sites (tertiary alicyclic amines) is 1. The van der Waals surface area contributed by atoms with Crippen LogP contribution in [-0.2, 0) is 24.4 Å². The van der Waals surface area contributed by atoms with Crippen LogP contribution in [0.1, 0.15) is 39.5 Å². The summed E-state index contributed by atoms with van der Waals surface area (Å²) in [6, 6.07) is 8.36. The third-order valence-corrected chi connectivity index (χ3v) is 5.77. The first-order valence-corrected chi connectivity index (χ1v) is 10.1. The predicted molar refractivity (Wildman–Crippen MR) is 125 cm³/mol. The van der Waals surface area contributed by atoms with Crippen LogP contribution < -0.4 is 10.6 Å². The second-order valence-electron chi connectivity index (χ2n) is 6.77. The fourth-order valence-corrected chi connectivity index (χ4v) is 3.98. The summed E-state index contributed by atoms with van der Waals surface area (Å²) in [5, 5.41) is 7.71. The Labute approximate surface area is 187 Å². The first-order chi connectivity index (χ1) is 13.0. The molecule has 8 heteroatoms. The summed E-state index contributed by atoms with van der Waals surface area (Å²) < 4.78 is 0. The third-order valence-electron chi connectivity index (χ3n) is 4.70. The van der Waals surface area contributed by atoms with Gasteiger partial charge in [-0.2, -0.15) is 0 Å². The van der Waals surface area contributed by atoms with Gasteiger partial charge in [-0.1, -0.05) is 24.3 Å². The molecule has 0 spiro atoms. The van der Waals surface area contributed by atoms with E-state index in [0.717, 1.165) is 29.6 Å². The number of thiazole rings is 1. The summed E-state index contributed by atoms with van der Waals surface area (Å²) in [4.78, 5) is 23.8. The van der Waals surface area contributed by atoms with Crippen LogP contribution in [0.15, 0.2) is 29.3 Å². The average Bonchev–Trinajstić information content (AvgIpc) is 3.20. The summed E-state index contributed by atoms with van der Waals surface area (Å²) >= 11 is 1.71. The van der Waals surface area contributed by atoms with Gasteiger partial charge in [-0.15, -0.1) is 35.3 Å². The van der Waals surface area contributed by atoms with Crippen molar-refractivity contribution in [2.24, 2.45) is 4.99 Å². The Kier molecular flexibility index (Phi) is 8.68. The number of aryl methyl sites for hydroxylation is 2. The fraction of sp³-hybridized carbons (Fsp3) is 0.450. The van der Waals surface area contributed by atoms with Gasteiger partial charge in [0.1, 0.15) is 5.01 Å². The maximum absolute atomic E-state index is 11.8. The number of carbonyl (C=O) groups is 1. The smallest absolute Gasteiger partial charge is 0.222 e. The van der Waals surface area contributed by atoms with E-state index in [1.807, 2.05) is 17.9 Å². The van der Waals surface area contributed by atoms with Crippen LogP contribution in [0.25, 0.3) is 0 Å². The number of aliphatic imine (C=N–C) groups is 1. The third kappa shape index (κ3) is 6.16. The quantitative estimate of drug-likeness (QED) is 0.353. The lowest BCUT2D eigenvalue weighted by Gasteiger charge is -2.16. The Bertz CT molecular complexity index is 816. The molecule has 28 heavy (non-hydrogen) atoms. The monoisotopic (exact) mass is 513 g/mol. The Morgan fingerprint density at radius 2 is 2.00 bits per heavy atom. The molecule has 2 N–H and O–H groups in total. The van der Waals surface area contributed by atoms with E-state index in [4.69, 9.17) is 0 Å². The van der Waals surface area contributed by atoms with Crippen LogP contribution in [0.5, 0.6) is 0 Å². The highest BCUT2D eigenvalue weighted by Gasteiger charge is 2.19. The van der Waals surface area contributed by atoms with E-state index in [9.17, 15) is 4.79 Å². The highest BCUT2D eigenvalue weighted by Crippen LogP contribution is 2.16. The minimum atomic E-state index is 0. The lowest BCUT2D eigenvalue weighted by molar-refractivity contribution is -0.128. The number of hydrogen-bond acceptors (Lipinski definition) is 4. The fourth-order valence-electron chi connectivity index (χ4n) is 3.11. The molecule has 0 unspecified atom stereocenters. The number of rotatable bonds is 6. The predicted octanol–water partition coefficient (Wildman–Crippen LogP) is 3.37. The maximum atomic E-state index is 11.8. The van der Waals surface area contributed by atoms with Gasteiger partial charge in [0.05, 0.1) is 12.2 Å². The van der Waals surface area contributed by atoms with Gasteiger partial charge >= 0.3 is 0 Å². The lowest BCUT2D eigenvalue weighted by Crippen LogP contribution is -2.36. The molecule has 3 rings (SSSR count). The summed E-state index contributed by atoms with van der Waals surface area (Å²) in [5.74, 6) is 1.01. The van der Waals surface area contributed by atoms with Gasteiger partial charge in [0, 0.05) is 38.0 Å². The molecule has 1 amide bonds. The van der Waals surface area contributed by atoms with Crippen LogP contribution in [0.3, 0.4) is 0 Å². The van der Waals surface area contributed by atoms with Gasteiger partial charge < -0.3 is 15.5 Å². The Balaban J connectivity index is 0.00000280. The number of hydrogen-bond donors (Lipinski definition) is 2. The van der Waals surface area contributed by atoms with Crippen LogP contribution in [-0.4, -0.2) is 35.3 Å². The number of halogens is 1. The van der Waals surface area contributed by atoms with Crippen molar-refractivity contribution in [3.63, 3.8) is 0 Å². The van der Waals surface area contributed by atoms with Crippen LogP contribution in [0.4, 0.5) is 0 Å². The number of carbonyl (C=O) groups excluding carboxylic acids is 1. The van der Waals surface area contributed by atoms with Crippen molar-refractivity contribution in [1.29, 1.82) is 0 Å². The zero-order valence-electron chi connectivity index (χ0n) is 16.6. The number of nitrogens with one attached hydrogen (secondary N) is 2. The Morgan fingerprint density at radius 1 is 1.25 bits per heavy atom. The zero-order valence-corrected chi connectivity index (χ0v) is 19.8. The molecule has 0 aliphatic carbocycles. The molecule has 6 nitrogen and oxygen atoms in total. The molecule has 1 saturated heterocycles. The molecule has 1 fully saturated rings. The van der Waals surface area contributed by atoms with E-state index >= 15 is 0 Å². The first kappa shape index (κ1) is 22.6. The summed E-state index contributed by atoms with van der Waals surface area (Å²) in [5.41, 5.74) is 3.43. The SMILES string of the molecule is CN=C(NCc1cccc(CN2CCCC2=O)c1)NCc1nc(C)c(C)s1.I. The van der Waals surface area contributed by atoms with Gasteiger partial charge in [-0.25, -0.2) is 4.98 Å². The second-order valence-corrected chi connectivity index (χ2v) is 8.06. The van der Waals surface area contributed by atoms with Gasteiger partial charge in [0.15, 0.2) is 5.96 Å². The summed E-state index contributed by atoms with van der Waals surface area (Å²) in [6.45, 7) is 7.03. The van der Waals surface area contributed by atoms with E-state index in [2.05, 4.69) is 45.7 Å². The Hall–Kier alpha value is -1.68. The standard InChI is InChI=1S/C20H27N5OS.HI/c1-14-15(2)27-18(24-14)12-23-20(21-3)22-11-16-6-4-7-17(10-16)13-25-9-5-8-19(25)26;/h4,6-7,10H,5,8-9,11-13H2,1-3H3,(H2,21,22,23);1H. The molecule has 2 heterocycles. The van der Waals surface area contributed by atoms with Crippen molar-refractivity contribution in [1.82, 2.24) is 20.5 Å². The normalized spacial score (nSPS) is 14.2. The van der Waals surface area contributed by atoms with Crippen LogP contribution in [0, 0.1) is 13.8 Å². The summed E-state index contributed by atoms with van der Waals surface area (Å²) in [6.07, 6.45) is 1.65. The molecule has 1 aliphatic heterocycles. The first-order valence-electron chi connectivity index (χ1n) is 9.28. The van der Waals surface area contributed by atoms with Gasteiger partial charge in [0.2, 0.25) is 5.91 Å². The van der Waals surface area contributed by atoms with Crippen LogP contribution in [0.2, 0.25) is 0 Å². The highest BCUT2D eigenvalue weighted by atomic mass is 127. The number of aromatic nitrogens is 1. The van der Waals surface area contributed by atoms with E-state index in [-0.39, 0.29) is 29.9 Å². The highest BCUT2D eigenvalue weighted by molar-refractivity contribution is 14.0. The van der Waals surface area contributed by atoms with Gasteiger partial charge in [0.25, 0.3) is 0 Å². The molecule has 0 saturated carbocycles. The molecular weight excluding hydrogens is 485 g/mol. The maximum Gasteiger partial charge on any atom is 0.222 e. The largest absolute Gasteiger partial charge is 0.352 e. The number of nitrogens with zero attached hydrogens (tertiary/aromatic N) is 3. The second kappa shape index (κ2) is 10.8. The zero-order chi connectivity index (χ0) is 19.2. The topological polar surface area (TPSA) is 69.6 Å². The van der Waals surface area contributed by atoms with Crippen LogP contribution >= 0.6 is 35.3 Å². The van der Waals surface area contributed by atoms with Crippen molar-refractivity contribution in [3.8, 4) is 0 Å². The van der Waals surface area contributed by atoms with E-state index in [1.54, 1.807) is 18.4 Å². The molecule has 1 aliphatic rings. The van der Waals surface area contributed by atoms with E-state index in [0.29, 0.717) is 26.1 Å². The van der Waals surface area contributed by atoms with Crippen molar-refractivity contribution >= 4 is 47.2 Å². The van der Waals surface area contributed by atoms with E-state index in [1.165, 1.54) is 16.0 Å². The van der Waals surface area contributed by atoms with Crippen molar-refractivity contribution in [3.05, 3.63) is 51.0 Å². The lowest BCUT2D eigenvalue weighted by atomic mass is 10.1. The van der Waals surface area contributed by atoms with Crippen molar-refractivity contribution in [2.75, 3.05) is 13.6 Å². The molecule has 1 aromatic heterocycles.